The predicted molar refractivity (Wildman–Crippen MR) is 168 cm³/mol. The van der Waals surface area contributed by atoms with E-state index in [-0.39, 0.29) is 29.7 Å². The molecule has 45 heavy (non-hydrogen) atoms. The Morgan fingerprint density at radius 3 is 2.53 bits per heavy atom. The van der Waals surface area contributed by atoms with Crippen molar-refractivity contribution in [2.75, 3.05) is 33.3 Å². The normalized spacial score (nSPS) is 34.2. The summed E-state index contributed by atoms with van der Waals surface area (Å²) in [5.74, 6) is -1.14. The summed E-state index contributed by atoms with van der Waals surface area (Å²) in [6, 6.07) is 3.68. The number of allylic oxidation sites excluding steroid dienone is 3. The molecular weight excluding hydrogens is 604 g/mol. The van der Waals surface area contributed by atoms with Gasteiger partial charge in [0.05, 0.1) is 31.2 Å². The quantitative estimate of drug-likeness (QED) is 0.348. The third-order valence-electron chi connectivity index (χ3n) is 9.02. The van der Waals surface area contributed by atoms with Crippen LogP contribution in [0.5, 0.6) is 5.75 Å². The summed E-state index contributed by atoms with van der Waals surface area (Å²) in [5, 5.41) is 3.11. The van der Waals surface area contributed by atoms with Crippen LogP contribution in [0.4, 0.5) is 10.5 Å². The average molecular weight is 649 g/mol. The number of benzene rings is 1. The maximum atomic E-state index is 13.8. The molecule has 0 aliphatic carbocycles. The van der Waals surface area contributed by atoms with Crippen LogP contribution in [0.1, 0.15) is 53.0 Å². The molecule has 0 saturated carbocycles. The zero-order valence-electron chi connectivity index (χ0n) is 27.5. The van der Waals surface area contributed by atoms with Gasteiger partial charge in [0.2, 0.25) is 5.91 Å². The van der Waals surface area contributed by atoms with E-state index in [4.69, 9.17) is 40.0 Å². The number of hydrogen-bond acceptors (Lipinski definition) is 9. The van der Waals surface area contributed by atoms with E-state index in [1.54, 1.807) is 34.9 Å². The number of alkyl carbamates (subject to hydrolysis) is 1. The number of carbonyl (C=O) groups is 3. The first-order valence-corrected chi connectivity index (χ1v) is 15.5. The minimum Gasteiger partial charge on any atom is -0.495 e. The second-order valence-corrected chi connectivity index (χ2v) is 12.9. The minimum absolute atomic E-state index is 0.166. The van der Waals surface area contributed by atoms with E-state index >= 15 is 0 Å². The Balaban J connectivity index is 1.82. The fourth-order valence-corrected chi connectivity index (χ4v) is 6.43. The number of carbonyl (C=O) groups excluding carboxylic acids is 3. The Kier molecular flexibility index (Phi) is 10.6. The van der Waals surface area contributed by atoms with Crippen LogP contribution < -0.4 is 15.0 Å². The van der Waals surface area contributed by atoms with Crippen molar-refractivity contribution in [3.63, 3.8) is 0 Å². The highest BCUT2D eigenvalue weighted by Crippen LogP contribution is 2.49. The summed E-state index contributed by atoms with van der Waals surface area (Å²) in [7, 11) is 6.21. The summed E-state index contributed by atoms with van der Waals surface area (Å²) < 4.78 is 35.2. The highest BCUT2D eigenvalue weighted by atomic mass is 35.5. The van der Waals surface area contributed by atoms with Gasteiger partial charge in [-0.3, -0.25) is 14.9 Å². The van der Waals surface area contributed by atoms with E-state index in [1.807, 2.05) is 44.2 Å². The van der Waals surface area contributed by atoms with E-state index in [0.717, 1.165) is 11.1 Å². The lowest BCUT2D eigenvalue weighted by Gasteiger charge is -2.44. The third-order valence-corrected chi connectivity index (χ3v) is 9.40. The number of epoxide rings is 1. The van der Waals surface area contributed by atoms with Crippen molar-refractivity contribution in [2.24, 2.45) is 11.8 Å². The molecule has 3 aliphatic heterocycles. The largest absolute Gasteiger partial charge is 0.495 e. The van der Waals surface area contributed by atoms with Gasteiger partial charge in [-0.25, -0.2) is 4.79 Å². The molecule has 7 atom stereocenters. The average Bonchev–Trinajstić information content (AvgIpc) is 3.70. The fourth-order valence-electron chi connectivity index (χ4n) is 6.11. The molecule has 3 heterocycles. The van der Waals surface area contributed by atoms with E-state index in [0.29, 0.717) is 17.9 Å². The van der Waals surface area contributed by atoms with Crippen LogP contribution in [0, 0.1) is 11.8 Å². The van der Waals surface area contributed by atoms with Gasteiger partial charge in [-0.05, 0) is 38.0 Å². The highest BCUT2D eigenvalue weighted by Gasteiger charge is 2.64. The number of halogens is 1. The lowest BCUT2D eigenvalue weighted by molar-refractivity contribution is -0.161. The molecule has 12 heteroatoms. The molecule has 1 aromatic carbocycles. The molecule has 1 N–H and O–H groups in total. The van der Waals surface area contributed by atoms with Crippen molar-refractivity contribution in [3.8, 4) is 5.75 Å². The molecule has 3 aliphatic rings. The molecule has 11 nitrogen and oxygen atoms in total. The van der Waals surface area contributed by atoms with Crippen molar-refractivity contribution in [3.05, 3.63) is 46.5 Å². The molecule has 1 aromatic rings. The number of amides is 2. The first kappa shape index (κ1) is 34.7. The van der Waals surface area contributed by atoms with Crippen LogP contribution in [0.3, 0.4) is 0 Å². The number of nitrogens with zero attached hydrogens (tertiary/aromatic N) is 1. The molecule has 4 rings (SSSR count). The summed E-state index contributed by atoms with van der Waals surface area (Å²) in [6.07, 6.45) is 2.88. The van der Waals surface area contributed by atoms with Gasteiger partial charge in [0, 0.05) is 33.6 Å². The number of rotatable bonds is 5. The molecule has 248 valence electrons. The van der Waals surface area contributed by atoms with Gasteiger partial charge < -0.3 is 33.3 Å². The van der Waals surface area contributed by atoms with E-state index in [9.17, 15) is 14.4 Å². The van der Waals surface area contributed by atoms with Gasteiger partial charge in [0.25, 0.3) is 0 Å². The zero-order valence-corrected chi connectivity index (χ0v) is 28.2. The molecule has 2 amide bonds. The van der Waals surface area contributed by atoms with Gasteiger partial charge in [0.15, 0.2) is 5.72 Å². The van der Waals surface area contributed by atoms with Crippen LogP contribution in [0.25, 0.3) is 0 Å². The molecule has 0 aromatic heterocycles. The maximum Gasteiger partial charge on any atom is 0.409 e. The van der Waals surface area contributed by atoms with Gasteiger partial charge >= 0.3 is 12.1 Å². The minimum atomic E-state index is -1.23. The van der Waals surface area contributed by atoms with Gasteiger partial charge in [-0.1, -0.05) is 56.2 Å². The lowest BCUT2D eigenvalue weighted by Crippen LogP contribution is -2.64. The standard InChI is InChI=1S/C33H45ClN2O9/c1-18(2)30(38)44-26-16-27(37)36(6)22-14-21(15-23(40-7)28(22)34)13-19(3)11-10-12-25(41-8)33(42-9)17-24(43-31(39)35-33)20(4)29-32(26,5)45-29/h10-12,14-15,18,20,24-26,29H,13,16-17H2,1-9H3,(H,35,39)/b12-10+,19-11+. The zero-order chi connectivity index (χ0) is 33.3. The SMILES string of the molecule is COc1cc2cc(c1Cl)N(C)C(=O)CC(OC(=O)C(C)C)C1(C)OC1C(C)C1CC(OC)(NC(=O)O1)C(OC)/C=C/C=C(\C)C2. The van der Waals surface area contributed by atoms with Gasteiger partial charge in [-0.2, -0.15) is 0 Å². The second-order valence-electron chi connectivity index (χ2n) is 12.5. The smallest absolute Gasteiger partial charge is 0.409 e. The Morgan fingerprint density at radius 1 is 1.20 bits per heavy atom. The number of hydrogen-bond donors (Lipinski definition) is 1. The third kappa shape index (κ3) is 7.16. The number of anilines is 1. The van der Waals surface area contributed by atoms with E-state index in [2.05, 4.69) is 5.32 Å². The highest BCUT2D eigenvalue weighted by molar-refractivity contribution is 6.35. The van der Waals surface area contributed by atoms with Crippen molar-refractivity contribution < 1.29 is 42.8 Å². The van der Waals surface area contributed by atoms with Crippen molar-refractivity contribution in [2.45, 2.75) is 89.6 Å². The topological polar surface area (TPSA) is 125 Å². The van der Waals surface area contributed by atoms with Crippen LogP contribution in [-0.2, 0) is 39.7 Å². The number of fused-ring (bicyclic) bond motifs is 5. The molecule has 2 fully saturated rings. The molecule has 0 radical (unpaired) electrons. The first-order valence-electron chi connectivity index (χ1n) is 15.1. The Hall–Kier alpha value is -3.12. The molecular formula is C33H45ClN2O9. The molecule has 0 spiro atoms. The van der Waals surface area contributed by atoms with Crippen LogP contribution in [0.2, 0.25) is 5.02 Å². The van der Waals surface area contributed by atoms with Gasteiger partial charge in [-0.15, -0.1) is 0 Å². The van der Waals surface area contributed by atoms with Gasteiger partial charge in [0.1, 0.15) is 34.7 Å². The summed E-state index contributed by atoms with van der Waals surface area (Å²) in [4.78, 5) is 41.1. The van der Waals surface area contributed by atoms with Crippen molar-refractivity contribution in [1.29, 1.82) is 0 Å². The number of methoxy groups -OCH3 is 3. The predicted octanol–water partition coefficient (Wildman–Crippen LogP) is 4.98. The lowest BCUT2D eigenvalue weighted by atomic mass is 9.83. The van der Waals surface area contributed by atoms with E-state index in [1.165, 1.54) is 19.1 Å². The number of ether oxygens (including phenoxy) is 6. The molecule has 2 saturated heterocycles. The maximum absolute atomic E-state index is 13.8. The van der Waals surface area contributed by atoms with Crippen molar-refractivity contribution >= 4 is 35.3 Å². The molecule has 7 unspecified atom stereocenters. The fraction of sp³-hybridized carbons (Fsp3) is 0.606. The summed E-state index contributed by atoms with van der Waals surface area (Å²) in [6.45, 7) is 9.14. The number of esters is 1. The summed E-state index contributed by atoms with van der Waals surface area (Å²) >= 11 is 6.71. The van der Waals surface area contributed by atoms with E-state index < -0.39 is 53.7 Å². The van der Waals surface area contributed by atoms with Crippen molar-refractivity contribution in [1.82, 2.24) is 5.32 Å². The monoisotopic (exact) mass is 648 g/mol. The summed E-state index contributed by atoms with van der Waals surface area (Å²) in [5.41, 5.74) is 0.0861. The van der Waals surface area contributed by atoms with Crippen LogP contribution in [0.15, 0.2) is 35.9 Å². The molecule has 4 bridgehead atoms. The first-order chi connectivity index (χ1) is 21.2. The second kappa shape index (κ2) is 13.7. The van der Waals surface area contributed by atoms with Crippen LogP contribution >= 0.6 is 11.6 Å². The van der Waals surface area contributed by atoms with Crippen LogP contribution in [-0.4, -0.2) is 82.1 Å². The number of nitrogens with one attached hydrogen (secondary N) is 1. The Labute approximate surface area is 270 Å². The Morgan fingerprint density at radius 2 is 1.91 bits per heavy atom. The Bertz CT molecular complexity index is 1360.